The van der Waals surface area contributed by atoms with E-state index in [1.54, 1.807) is 4.74 Å². The maximum absolute atomic E-state index is 5.00. The average molecular weight is 135 g/mol. The fourth-order valence-electron chi connectivity index (χ4n) is 0.498. The average Bonchev–Trinajstić information content (AvgIpc) is 1.87. The topological polar surface area (TPSA) is 17.0 Å². The SMILES string of the molecule is Cc1cc[n+](C)o1.Cl. The Labute approximate surface area is 54.5 Å². The summed E-state index contributed by atoms with van der Waals surface area (Å²) in [7, 11) is 1.85. The predicted molar refractivity (Wildman–Crippen MR) is 31.9 cm³/mol. The van der Waals surface area contributed by atoms with Crippen LogP contribution in [0, 0.1) is 6.92 Å². The van der Waals surface area contributed by atoms with Gasteiger partial charge in [-0.05, 0) is 4.74 Å². The molecule has 0 fully saturated rings. The summed E-state index contributed by atoms with van der Waals surface area (Å²) in [4.78, 5) is 0. The minimum absolute atomic E-state index is 0. The molecule has 1 aromatic heterocycles. The second-order valence-electron chi connectivity index (χ2n) is 1.56. The Morgan fingerprint density at radius 2 is 2.25 bits per heavy atom. The molecule has 0 aliphatic heterocycles. The van der Waals surface area contributed by atoms with Crippen molar-refractivity contribution in [3.63, 3.8) is 0 Å². The third-order valence-corrected chi connectivity index (χ3v) is 0.807. The second-order valence-corrected chi connectivity index (χ2v) is 1.56. The zero-order valence-electron chi connectivity index (χ0n) is 4.92. The van der Waals surface area contributed by atoms with E-state index in [-0.39, 0.29) is 12.4 Å². The lowest BCUT2D eigenvalue weighted by Crippen LogP contribution is -2.22. The van der Waals surface area contributed by atoms with Crippen LogP contribution in [0.3, 0.4) is 0 Å². The molecule has 0 bridgehead atoms. The van der Waals surface area contributed by atoms with Gasteiger partial charge in [0.25, 0.3) is 0 Å². The van der Waals surface area contributed by atoms with Gasteiger partial charge in [0.15, 0.2) is 12.8 Å². The van der Waals surface area contributed by atoms with Crippen molar-refractivity contribution < 1.29 is 9.26 Å². The first-order valence-electron chi connectivity index (χ1n) is 2.21. The summed E-state index contributed by atoms with van der Waals surface area (Å²) in [6, 6.07) is 1.92. The molecule has 1 heterocycles. The first-order valence-corrected chi connectivity index (χ1v) is 2.21. The Morgan fingerprint density at radius 3 is 2.38 bits per heavy atom. The molecule has 2 nitrogen and oxygen atoms in total. The van der Waals surface area contributed by atoms with Crippen LogP contribution in [-0.4, -0.2) is 0 Å². The molecule has 46 valence electrons. The summed E-state index contributed by atoms with van der Waals surface area (Å²) >= 11 is 0. The maximum atomic E-state index is 5.00. The van der Waals surface area contributed by atoms with Crippen LogP contribution in [0.2, 0.25) is 0 Å². The fraction of sp³-hybridized carbons (Fsp3) is 0.400. The number of aryl methyl sites for hydroxylation is 2. The molecule has 0 spiro atoms. The monoisotopic (exact) mass is 134 g/mol. The Kier molecular flexibility index (Phi) is 2.55. The van der Waals surface area contributed by atoms with Crippen molar-refractivity contribution in [3.8, 4) is 0 Å². The van der Waals surface area contributed by atoms with Gasteiger partial charge in [0.05, 0.1) is 6.07 Å². The summed E-state index contributed by atoms with van der Waals surface area (Å²) in [5, 5.41) is 0. The van der Waals surface area contributed by atoms with Gasteiger partial charge < -0.3 is 0 Å². The van der Waals surface area contributed by atoms with Gasteiger partial charge in [-0.15, -0.1) is 12.4 Å². The van der Waals surface area contributed by atoms with Crippen LogP contribution < -0.4 is 4.74 Å². The summed E-state index contributed by atoms with van der Waals surface area (Å²) in [5.41, 5.74) is 0. The number of nitrogens with zero attached hydrogens (tertiary/aromatic N) is 1. The van der Waals surface area contributed by atoms with Crippen LogP contribution in [-0.2, 0) is 7.05 Å². The Morgan fingerprint density at radius 1 is 1.62 bits per heavy atom. The van der Waals surface area contributed by atoms with E-state index < -0.39 is 0 Å². The van der Waals surface area contributed by atoms with Crippen molar-refractivity contribution in [2.75, 3.05) is 0 Å². The van der Waals surface area contributed by atoms with Crippen molar-refractivity contribution in [2.24, 2.45) is 7.05 Å². The number of halogens is 1. The highest BCUT2D eigenvalue weighted by Crippen LogP contribution is 1.86. The molecule has 0 unspecified atom stereocenters. The van der Waals surface area contributed by atoms with Gasteiger partial charge in [-0.2, -0.15) is 0 Å². The number of rotatable bonds is 0. The zero-order chi connectivity index (χ0) is 5.28. The molecule has 0 N–H and O–H groups in total. The van der Waals surface area contributed by atoms with Crippen LogP contribution in [0.15, 0.2) is 16.8 Å². The van der Waals surface area contributed by atoms with Crippen molar-refractivity contribution in [3.05, 3.63) is 18.0 Å². The summed E-state index contributed by atoms with van der Waals surface area (Å²) in [5.74, 6) is 0.947. The Hall–Kier alpha value is -0.500. The molecule has 8 heavy (non-hydrogen) atoms. The van der Waals surface area contributed by atoms with Crippen molar-refractivity contribution >= 4 is 12.4 Å². The maximum Gasteiger partial charge on any atom is 0.219 e. The minimum Gasteiger partial charge on any atom is -0.242 e. The lowest BCUT2D eigenvalue weighted by molar-refractivity contribution is -0.846. The van der Waals surface area contributed by atoms with Gasteiger partial charge >= 0.3 is 0 Å². The van der Waals surface area contributed by atoms with E-state index >= 15 is 0 Å². The van der Waals surface area contributed by atoms with E-state index in [0.29, 0.717) is 0 Å². The highest BCUT2D eigenvalue weighted by atomic mass is 35.5. The second kappa shape index (κ2) is 2.72. The van der Waals surface area contributed by atoms with E-state index in [4.69, 9.17) is 4.52 Å². The van der Waals surface area contributed by atoms with Gasteiger partial charge in [0.1, 0.15) is 0 Å². The van der Waals surface area contributed by atoms with Gasteiger partial charge in [-0.25, -0.2) is 4.52 Å². The van der Waals surface area contributed by atoms with Crippen molar-refractivity contribution in [1.82, 2.24) is 0 Å². The normalized spacial score (nSPS) is 8.25. The minimum atomic E-state index is 0. The molecule has 0 saturated carbocycles. The van der Waals surface area contributed by atoms with Crippen LogP contribution in [0.25, 0.3) is 0 Å². The third kappa shape index (κ3) is 1.54. The zero-order valence-corrected chi connectivity index (χ0v) is 5.73. The van der Waals surface area contributed by atoms with E-state index in [2.05, 4.69) is 0 Å². The summed E-state index contributed by atoms with van der Waals surface area (Å²) < 4.78 is 6.66. The van der Waals surface area contributed by atoms with Crippen LogP contribution in [0.1, 0.15) is 5.76 Å². The molecule has 0 aliphatic carbocycles. The molecule has 3 heteroatoms. The molecule has 0 atom stereocenters. The quantitative estimate of drug-likeness (QED) is 0.481. The Balaban J connectivity index is 0.000000490. The van der Waals surface area contributed by atoms with Gasteiger partial charge in [-0.1, -0.05) is 0 Å². The molecule has 0 radical (unpaired) electrons. The number of aromatic nitrogens is 1. The lowest BCUT2D eigenvalue weighted by atomic mass is 10.5. The number of hydrogen-bond donors (Lipinski definition) is 0. The molecule has 1 aromatic rings. The third-order valence-electron chi connectivity index (χ3n) is 0.807. The van der Waals surface area contributed by atoms with Gasteiger partial charge in [0.2, 0.25) is 6.20 Å². The largest absolute Gasteiger partial charge is 0.242 e. The first-order chi connectivity index (χ1) is 3.29. The van der Waals surface area contributed by atoms with Gasteiger partial charge in [-0.3, -0.25) is 0 Å². The smallest absolute Gasteiger partial charge is 0.219 e. The standard InChI is InChI=1S/C5H8NO.ClH/c1-5-3-4-6(2)7-5;/h3-4H,1-2H3;1H/q+1;. The molecule has 0 aliphatic rings. The molecule has 0 aromatic carbocycles. The number of hydrogen-bond acceptors (Lipinski definition) is 1. The highest BCUT2D eigenvalue weighted by molar-refractivity contribution is 5.85. The van der Waals surface area contributed by atoms with Crippen LogP contribution >= 0.6 is 12.4 Å². The molecular weight excluding hydrogens is 126 g/mol. The van der Waals surface area contributed by atoms with Gasteiger partial charge in [0, 0.05) is 6.92 Å². The summed E-state index contributed by atoms with van der Waals surface area (Å²) in [6.07, 6.45) is 1.87. The lowest BCUT2D eigenvalue weighted by Gasteiger charge is -1.68. The molecule has 1 rings (SSSR count). The van der Waals surface area contributed by atoms with E-state index in [9.17, 15) is 0 Å². The van der Waals surface area contributed by atoms with E-state index in [1.165, 1.54) is 0 Å². The van der Waals surface area contributed by atoms with Crippen LogP contribution in [0.5, 0.6) is 0 Å². The van der Waals surface area contributed by atoms with Crippen molar-refractivity contribution in [2.45, 2.75) is 6.92 Å². The Bertz CT molecular complexity index is 145. The van der Waals surface area contributed by atoms with Crippen LogP contribution in [0.4, 0.5) is 0 Å². The van der Waals surface area contributed by atoms with E-state index in [1.807, 2.05) is 26.2 Å². The summed E-state index contributed by atoms with van der Waals surface area (Å²) in [6.45, 7) is 1.92. The molecule has 0 amide bonds. The predicted octanol–water partition coefficient (Wildman–Crippen LogP) is 0.834. The molecule has 0 saturated heterocycles. The molecular formula is C5H9ClNO+. The van der Waals surface area contributed by atoms with E-state index in [0.717, 1.165) is 5.76 Å². The highest BCUT2D eigenvalue weighted by Gasteiger charge is 1.93. The fourth-order valence-corrected chi connectivity index (χ4v) is 0.498. The first kappa shape index (κ1) is 7.50. The van der Waals surface area contributed by atoms with Crippen molar-refractivity contribution in [1.29, 1.82) is 0 Å².